The average Bonchev–Trinajstić information content (AvgIpc) is 2.74. The van der Waals surface area contributed by atoms with E-state index in [0.717, 1.165) is 29.4 Å². The van der Waals surface area contributed by atoms with E-state index >= 15 is 0 Å². The minimum atomic E-state index is 0.151. The number of anilines is 2. The number of hydrogen-bond donors (Lipinski definition) is 1. The number of carbonyl (C=O) groups excluding carboxylic acids is 1. The summed E-state index contributed by atoms with van der Waals surface area (Å²) >= 11 is 3.37. The van der Waals surface area contributed by atoms with Gasteiger partial charge in [0, 0.05) is 17.4 Å². The highest BCUT2D eigenvalue weighted by molar-refractivity contribution is 9.10. The minimum Gasteiger partial charge on any atom is -0.397 e. The van der Waals surface area contributed by atoms with Crippen LogP contribution in [-0.2, 0) is 4.79 Å². The van der Waals surface area contributed by atoms with Gasteiger partial charge in [-0.15, -0.1) is 0 Å². The lowest BCUT2D eigenvalue weighted by Crippen LogP contribution is -2.34. The Kier molecular flexibility index (Phi) is 3.95. The molecule has 2 unspecified atom stereocenters. The molecule has 0 heterocycles. The van der Waals surface area contributed by atoms with Crippen molar-refractivity contribution in [3.8, 4) is 0 Å². The van der Waals surface area contributed by atoms with Gasteiger partial charge in [-0.3, -0.25) is 4.79 Å². The molecule has 1 aromatic carbocycles. The zero-order valence-corrected chi connectivity index (χ0v) is 12.4. The normalized spacial score (nSPS) is 23.1. The second-order valence-electron chi connectivity index (χ2n) is 5.12. The minimum absolute atomic E-state index is 0.151. The number of carbonyl (C=O) groups is 1. The van der Waals surface area contributed by atoms with Crippen molar-refractivity contribution in [1.82, 2.24) is 0 Å². The summed E-state index contributed by atoms with van der Waals surface area (Å²) in [7, 11) is 1.81. The van der Waals surface area contributed by atoms with Crippen molar-refractivity contribution >= 4 is 33.2 Å². The molecule has 1 aliphatic carbocycles. The van der Waals surface area contributed by atoms with Gasteiger partial charge in [0.25, 0.3) is 0 Å². The Hall–Kier alpha value is -1.03. The van der Waals surface area contributed by atoms with E-state index in [-0.39, 0.29) is 11.8 Å². The third-order valence-electron chi connectivity index (χ3n) is 3.86. The predicted molar refractivity (Wildman–Crippen MR) is 78.5 cm³/mol. The van der Waals surface area contributed by atoms with Crippen molar-refractivity contribution in [2.45, 2.75) is 26.2 Å². The van der Waals surface area contributed by atoms with E-state index in [2.05, 4.69) is 22.9 Å². The molecule has 1 fully saturated rings. The number of nitrogens with two attached hydrogens (primary N) is 1. The van der Waals surface area contributed by atoms with Crippen molar-refractivity contribution in [2.75, 3.05) is 17.7 Å². The first kappa shape index (κ1) is 13.4. The molecule has 1 aliphatic rings. The van der Waals surface area contributed by atoms with Gasteiger partial charge in [0.15, 0.2) is 0 Å². The Bertz CT molecular complexity index is 461. The van der Waals surface area contributed by atoms with E-state index in [1.54, 1.807) is 4.90 Å². The second-order valence-corrected chi connectivity index (χ2v) is 6.03. The van der Waals surface area contributed by atoms with E-state index in [0.29, 0.717) is 11.6 Å². The van der Waals surface area contributed by atoms with Crippen LogP contribution in [0.1, 0.15) is 26.2 Å². The molecule has 0 saturated heterocycles. The Balaban J connectivity index is 2.20. The Labute approximate surface area is 116 Å². The van der Waals surface area contributed by atoms with Gasteiger partial charge in [-0.2, -0.15) is 0 Å². The van der Waals surface area contributed by atoms with E-state index in [1.807, 2.05) is 25.2 Å². The molecule has 0 bridgehead atoms. The van der Waals surface area contributed by atoms with Gasteiger partial charge in [-0.05, 0) is 37.0 Å². The van der Waals surface area contributed by atoms with Crippen molar-refractivity contribution in [3.05, 3.63) is 22.7 Å². The van der Waals surface area contributed by atoms with E-state index in [4.69, 9.17) is 5.73 Å². The van der Waals surface area contributed by atoms with Gasteiger partial charge in [0.1, 0.15) is 0 Å². The van der Waals surface area contributed by atoms with Gasteiger partial charge in [-0.1, -0.05) is 29.3 Å². The Morgan fingerprint density at radius 3 is 2.72 bits per heavy atom. The fourth-order valence-corrected chi connectivity index (χ4v) is 3.09. The Morgan fingerprint density at radius 1 is 1.44 bits per heavy atom. The van der Waals surface area contributed by atoms with Crippen LogP contribution in [0.2, 0.25) is 0 Å². The van der Waals surface area contributed by atoms with Gasteiger partial charge in [0.05, 0.1) is 11.4 Å². The standard InChI is InChI=1S/C14H19BrN2O/c1-9-4-3-5-11(9)14(18)17(2)13-7-6-10(15)8-12(13)16/h6-9,11H,3-5,16H2,1-2H3. The summed E-state index contributed by atoms with van der Waals surface area (Å²) < 4.78 is 0.929. The number of hydrogen-bond acceptors (Lipinski definition) is 2. The maximum absolute atomic E-state index is 12.5. The molecule has 1 aromatic rings. The molecule has 3 nitrogen and oxygen atoms in total. The molecule has 0 aliphatic heterocycles. The van der Waals surface area contributed by atoms with Crippen molar-refractivity contribution < 1.29 is 4.79 Å². The molecule has 0 spiro atoms. The monoisotopic (exact) mass is 310 g/mol. The van der Waals surface area contributed by atoms with Crippen molar-refractivity contribution in [3.63, 3.8) is 0 Å². The van der Waals surface area contributed by atoms with Crippen LogP contribution in [0, 0.1) is 11.8 Å². The molecule has 0 aromatic heterocycles. The molecule has 4 heteroatoms. The van der Waals surface area contributed by atoms with Crippen LogP contribution in [0.5, 0.6) is 0 Å². The van der Waals surface area contributed by atoms with E-state index in [1.165, 1.54) is 0 Å². The molecule has 2 rings (SSSR count). The number of benzene rings is 1. The fourth-order valence-electron chi connectivity index (χ4n) is 2.71. The molecule has 0 radical (unpaired) electrons. The fraction of sp³-hybridized carbons (Fsp3) is 0.500. The van der Waals surface area contributed by atoms with Crippen LogP contribution in [0.25, 0.3) is 0 Å². The number of halogens is 1. The number of nitrogen functional groups attached to an aromatic ring is 1. The topological polar surface area (TPSA) is 46.3 Å². The second kappa shape index (κ2) is 5.31. The zero-order valence-electron chi connectivity index (χ0n) is 10.8. The largest absolute Gasteiger partial charge is 0.397 e. The smallest absolute Gasteiger partial charge is 0.230 e. The maximum Gasteiger partial charge on any atom is 0.230 e. The summed E-state index contributed by atoms with van der Waals surface area (Å²) in [5, 5.41) is 0. The highest BCUT2D eigenvalue weighted by Gasteiger charge is 2.32. The van der Waals surface area contributed by atoms with Crippen LogP contribution in [0.15, 0.2) is 22.7 Å². The van der Waals surface area contributed by atoms with Gasteiger partial charge in [-0.25, -0.2) is 0 Å². The summed E-state index contributed by atoms with van der Waals surface area (Å²) in [5.74, 6) is 0.823. The van der Waals surface area contributed by atoms with E-state index < -0.39 is 0 Å². The molecule has 2 N–H and O–H groups in total. The maximum atomic E-state index is 12.5. The quantitative estimate of drug-likeness (QED) is 0.851. The lowest BCUT2D eigenvalue weighted by atomic mass is 9.96. The summed E-state index contributed by atoms with van der Waals surface area (Å²) in [5.41, 5.74) is 7.39. The molecule has 18 heavy (non-hydrogen) atoms. The first-order chi connectivity index (χ1) is 8.50. The number of amides is 1. The van der Waals surface area contributed by atoms with Crippen LogP contribution in [0.3, 0.4) is 0 Å². The van der Waals surface area contributed by atoms with Crippen LogP contribution in [0.4, 0.5) is 11.4 Å². The van der Waals surface area contributed by atoms with Crippen LogP contribution in [-0.4, -0.2) is 13.0 Å². The summed E-state index contributed by atoms with van der Waals surface area (Å²) in [6, 6.07) is 5.63. The molecule has 2 atom stereocenters. The van der Waals surface area contributed by atoms with E-state index in [9.17, 15) is 4.79 Å². The number of nitrogens with zero attached hydrogens (tertiary/aromatic N) is 1. The molecule has 1 saturated carbocycles. The third-order valence-corrected chi connectivity index (χ3v) is 4.35. The van der Waals surface area contributed by atoms with Gasteiger partial charge in [0.2, 0.25) is 5.91 Å². The average molecular weight is 311 g/mol. The predicted octanol–water partition coefficient (Wildman–Crippen LogP) is 3.43. The first-order valence-corrected chi connectivity index (χ1v) is 7.12. The summed E-state index contributed by atoms with van der Waals surface area (Å²) in [4.78, 5) is 14.2. The Morgan fingerprint density at radius 2 is 2.17 bits per heavy atom. The third kappa shape index (κ3) is 2.53. The van der Waals surface area contributed by atoms with Crippen LogP contribution < -0.4 is 10.6 Å². The zero-order chi connectivity index (χ0) is 13.3. The molecular formula is C14H19BrN2O. The summed E-state index contributed by atoms with van der Waals surface area (Å²) in [6.07, 6.45) is 3.31. The molecule has 1 amide bonds. The van der Waals surface area contributed by atoms with Gasteiger partial charge < -0.3 is 10.6 Å². The van der Waals surface area contributed by atoms with Crippen LogP contribution >= 0.6 is 15.9 Å². The van der Waals surface area contributed by atoms with Crippen molar-refractivity contribution in [1.29, 1.82) is 0 Å². The number of rotatable bonds is 2. The van der Waals surface area contributed by atoms with Gasteiger partial charge >= 0.3 is 0 Å². The lowest BCUT2D eigenvalue weighted by molar-refractivity contribution is -0.122. The molecule has 98 valence electrons. The van der Waals surface area contributed by atoms with Crippen molar-refractivity contribution in [2.24, 2.45) is 11.8 Å². The highest BCUT2D eigenvalue weighted by atomic mass is 79.9. The lowest BCUT2D eigenvalue weighted by Gasteiger charge is -2.24. The highest BCUT2D eigenvalue weighted by Crippen LogP contribution is 2.34. The molecular weight excluding hydrogens is 292 g/mol. The first-order valence-electron chi connectivity index (χ1n) is 6.33. The SMILES string of the molecule is CC1CCCC1C(=O)N(C)c1ccc(Br)cc1N. The summed E-state index contributed by atoms with van der Waals surface area (Å²) in [6.45, 7) is 2.16.